The van der Waals surface area contributed by atoms with Crippen molar-refractivity contribution in [2.75, 3.05) is 13.1 Å². The zero-order valence-electron chi connectivity index (χ0n) is 9.72. The predicted octanol–water partition coefficient (Wildman–Crippen LogP) is 1.94. The van der Waals surface area contributed by atoms with Gasteiger partial charge in [0.2, 0.25) is 0 Å². The fourth-order valence-corrected chi connectivity index (χ4v) is 3.41. The van der Waals surface area contributed by atoms with Crippen LogP contribution in [-0.2, 0) is 6.54 Å². The number of hydrogen-bond donors (Lipinski definition) is 1. The molecule has 1 saturated heterocycles. The van der Waals surface area contributed by atoms with Crippen molar-refractivity contribution >= 4 is 11.6 Å². The number of fused-ring (bicyclic) bond motifs is 1. The molecule has 17 heavy (non-hydrogen) atoms. The first-order chi connectivity index (χ1) is 8.24. The molecule has 2 aliphatic rings. The summed E-state index contributed by atoms with van der Waals surface area (Å²) in [6, 6.07) is 1.98. The second kappa shape index (κ2) is 4.56. The van der Waals surface area contributed by atoms with E-state index in [-0.39, 0.29) is 6.10 Å². The van der Waals surface area contributed by atoms with Crippen LogP contribution in [0.15, 0.2) is 18.5 Å². The Morgan fingerprint density at radius 2 is 2.29 bits per heavy atom. The second-order valence-electron chi connectivity index (χ2n) is 5.23. The number of aliphatic hydroxyl groups is 1. The Morgan fingerprint density at radius 1 is 1.41 bits per heavy atom. The van der Waals surface area contributed by atoms with Crippen LogP contribution in [0.25, 0.3) is 0 Å². The highest BCUT2D eigenvalue weighted by Gasteiger charge is 2.41. The van der Waals surface area contributed by atoms with E-state index in [2.05, 4.69) is 9.88 Å². The first-order valence-electron chi connectivity index (χ1n) is 6.23. The molecule has 0 amide bonds. The van der Waals surface area contributed by atoms with Crippen molar-refractivity contribution in [3.63, 3.8) is 0 Å². The molecular formula is C13H17ClN2O. The van der Waals surface area contributed by atoms with Gasteiger partial charge in [0.05, 0.1) is 11.1 Å². The van der Waals surface area contributed by atoms with E-state index in [1.165, 1.54) is 6.42 Å². The minimum absolute atomic E-state index is 0.0853. The highest BCUT2D eigenvalue weighted by atomic mass is 35.5. The molecule has 3 atom stereocenters. The normalized spacial score (nSPS) is 32.9. The van der Waals surface area contributed by atoms with E-state index in [1.54, 1.807) is 12.4 Å². The quantitative estimate of drug-likeness (QED) is 0.874. The van der Waals surface area contributed by atoms with E-state index in [0.717, 1.165) is 36.6 Å². The van der Waals surface area contributed by atoms with Crippen LogP contribution < -0.4 is 0 Å². The zero-order valence-corrected chi connectivity index (χ0v) is 10.5. The molecule has 4 heteroatoms. The maximum absolute atomic E-state index is 9.88. The summed E-state index contributed by atoms with van der Waals surface area (Å²) in [6.07, 6.45) is 5.55. The van der Waals surface area contributed by atoms with Gasteiger partial charge in [-0.05, 0) is 30.4 Å². The van der Waals surface area contributed by atoms with E-state index in [0.29, 0.717) is 11.8 Å². The van der Waals surface area contributed by atoms with Crippen molar-refractivity contribution in [1.82, 2.24) is 9.88 Å². The van der Waals surface area contributed by atoms with Crippen LogP contribution in [0.3, 0.4) is 0 Å². The van der Waals surface area contributed by atoms with Gasteiger partial charge in [-0.25, -0.2) is 0 Å². The van der Waals surface area contributed by atoms with Crippen molar-refractivity contribution in [1.29, 1.82) is 0 Å². The summed E-state index contributed by atoms with van der Waals surface area (Å²) in [5, 5.41) is 10.6. The van der Waals surface area contributed by atoms with Gasteiger partial charge in [-0.15, -0.1) is 0 Å². The zero-order chi connectivity index (χ0) is 11.8. The van der Waals surface area contributed by atoms with Gasteiger partial charge >= 0.3 is 0 Å². The van der Waals surface area contributed by atoms with Gasteiger partial charge in [0.15, 0.2) is 0 Å². The number of rotatable bonds is 2. The van der Waals surface area contributed by atoms with Gasteiger partial charge in [-0.1, -0.05) is 11.6 Å². The molecule has 92 valence electrons. The summed E-state index contributed by atoms with van der Waals surface area (Å²) in [5.41, 5.74) is 1.14. The summed E-state index contributed by atoms with van der Waals surface area (Å²) in [6.45, 7) is 2.98. The number of likely N-dealkylation sites (tertiary alicyclic amines) is 1. The average Bonchev–Trinajstić information content (AvgIpc) is 2.85. The first kappa shape index (κ1) is 11.5. The number of aliphatic hydroxyl groups excluding tert-OH is 1. The molecule has 1 saturated carbocycles. The van der Waals surface area contributed by atoms with Crippen LogP contribution in [0.5, 0.6) is 0 Å². The average molecular weight is 253 g/mol. The van der Waals surface area contributed by atoms with Crippen LogP contribution in [0.2, 0.25) is 5.02 Å². The Labute approximate surface area is 106 Å². The molecule has 1 aliphatic heterocycles. The van der Waals surface area contributed by atoms with Crippen molar-refractivity contribution in [3.05, 3.63) is 29.0 Å². The van der Waals surface area contributed by atoms with Gasteiger partial charge in [-0.3, -0.25) is 9.88 Å². The fraction of sp³-hybridized carbons (Fsp3) is 0.615. The molecule has 0 bridgehead atoms. The molecule has 0 spiro atoms. The lowest BCUT2D eigenvalue weighted by Gasteiger charge is -2.18. The van der Waals surface area contributed by atoms with Crippen LogP contribution in [0.1, 0.15) is 18.4 Å². The van der Waals surface area contributed by atoms with E-state index in [9.17, 15) is 5.11 Å². The van der Waals surface area contributed by atoms with Crippen molar-refractivity contribution in [3.8, 4) is 0 Å². The van der Waals surface area contributed by atoms with E-state index < -0.39 is 0 Å². The summed E-state index contributed by atoms with van der Waals surface area (Å²) in [5.74, 6) is 1.17. The largest absolute Gasteiger partial charge is 0.393 e. The second-order valence-corrected chi connectivity index (χ2v) is 5.64. The molecular weight excluding hydrogens is 236 g/mol. The summed E-state index contributed by atoms with van der Waals surface area (Å²) < 4.78 is 0. The molecule has 3 nitrogen and oxygen atoms in total. The highest BCUT2D eigenvalue weighted by Crippen LogP contribution is 2.38. The molecule has 1 N–H and O–H groups in total. The predicted molar refractivity (Wildman–Crippen MR) is 66.7 cm³/mol. The molecule has 0 radical (unpaired) electrons. The van der Waals surface area contributed by atoms with Gasteiger partial charge < -0.3 is 5.11 Å². The van der Waals surface area contributed by atoms with Crippen LogP contribution in [0, 0.1) is 11.8 Å². The number of pyridine rings is 1. The summed E-state index contributed by atoms with van der Waals surface area (Å²) >= 11 is 6.11. The number of aromatic nitrogens is 1. The lowest BCUT2D eigenvalue weighted by atomic mass is 10.00. The standard InChI is InChI=1S/C13H17ClN2O/c14-12-5-15-4-3-10(12)7-16-6-9-1-2-13(17)11(9)8-16/h3-5,9,11,13,17H,1-2,6-8H2. The Bertz CT molecular complexity index is 412. The minimum atomic E-state index is -0.0853. The van der Waals surface area contributed by atoms with Crippen molar-refractivity contribution in [2.45, 2.75) is 25.5 Å². The molecule has 1 aromatic heterocycles. The van der Waals surface area contributed by atoms with Crippen LogP contribution >= 0.6 is 11.6 Å². The summed E-state index contributed by atoms with van der Waals surface area (Å²) in [4.78, 5) is 6.40. The number of hydrogen-bond acceptors (Lipinski definition) is 3. The Morgan fingerprint density at radius 3 is 3.06 bits per heavy atom. The third-order valence-electron chi connectivity index (χ3n) is 4.15. The lowest BCUT2D eigenvalue weighted by molar-refractivity contribution is 0.123. The van der Waals surface area contributed by atoms with E-state index >= 15 is 0 Å². The first-order valence-corrected chi connectivity index (χ1v) is 6.60. The minimum Gasteiger partial charge on any atom is -0.393 e. The van der Waals surface area contributed by atoms with Gasteiger partial charge in [-0.2, -0.15) is 0 Å². The van der Waals surface area contributed by atoms with E-state index in [4.69, 9.17) is 11.6 Å². The molecule has 0 aromatic carbocycles. The smallest absolute Gasteiger partial charge is 0.0634 e. The maximum Gasteiger partial charge on any atom is 0.0634 e. The van der Waals surface area contributed by atoms with Gasteiger partial charge in [0, 0.05) is 37.9 Å². The van der Waals surface area contributed by atoms with Crippen molar-refractivity contribution < 1.29 is 5.11 Å². The molecule has 1 aromatic rings. The Kier molecular flexibility index (Phi) is 3.07. The number of nitrogens with zero attached hydrogens (tertiary/aromatic N) is 2. The topological polar surface area (TPSA) is 36.4 Å². The monoisotopic (exact) mass is 252 g/mol. The van der Waals surface area contributed by atoms with Crippen LogP contribution in [0.4, 0.5) is 0 Å². The maximum atomic E-state index is 9.88. The fourth-order valence-electron chi connectivity index (χ4n) is 3.23. The highest BCUT2D eigenvalue weighted by molar-refractivity contribution is 6.31. The molecule has 3 unspecified atom stereocenters. The molecule has 2 heterocycles. The third-order valence-corrected chi connectivity index (χ3v) is 4.49. The van der Waals surface area contributed by atoms with E-state index in [1.807, 2.05) is 6.07 Å². The SMILES string of the molecule is OC1CCC2CN(Cc3ccncc3Cl)CC12. The molecule has 3 rings (SSSR count). The number of halogens is 1. The van der Waals surface area contributed by atoms with Gasteiger partial charge in [0.1, 0.15) is 0 Å². The van der Waals surface area contributed by atoms with Crippen molar-refractivity contribution in [2.24, 2.45) is 11.8 Å². The molecule has 1 aliphatic carbocycles. The Balaban J connectivity index is 1.67. The summed E-state index contributed by atoms with van der Waals surface area (Å²) in [7, 11) is 0. The Hall–Kier alpha value is -0.640. The van der Waals surface area contributed by atoms with Crippen LogP contribution in [-0.4, -0.2) is 34.2 Å². The molecule has 2 fully saturated rings. The van der Waals surface area contributed by atoms with Gasteiger partial charge in [0.25, 0.3) is 0 Å². The third kappa shape index (κ3) is 2.19. The lowest BCUT2D eigenvalue weighted by Crippen LogP contribution is -2.24.